The number of benzene rings is 3. The lowest BCUT2D eigenvalue weighted by molar-refractivity contribution is -0.141. The minimum Gasteiger partial charge on any atom is -0.506 e. The van der Waals surface area contributed by atoms with Crippen LogP contribution in [-0.2, 0) is 16.0 Å². The topological polar surface area (TPSA) is 101 Å². The molecule has 0 aliphatic rings. The predicted octanol–water partition coefficient (Wildman–Crippen LogP) is 5.96. The summed E-state index contributed by atoms with van der Waals surface area (Å²) in [5.74, 6) is -1.15. The molecule has 192 valence electrons. The zero-order valence-corrected chi connectivity index (χ0v) is 20.7. The van der Waals surface area contributed by atoms with E-state index in [0.29, 0.717) is 5.56 Å². The zero-order valence-electron chi connectivity index (χ0n) is 19.1. The Morgan fingerprint density at radius 2 is 1.73 bits per heavy atom. The number of halogens is 4. The van der Waals surface area contributed by atoms with Crippen molar-refractivity contribution in [3.05, 3.63) is 89.1 Å². The molecular weight excluding hydrogens is 531 g/mol. The second-order valence-electron chi connectivity index (χ2n) is 7.89. The number of phenolic OH excluding ortho intramolecular Hbond substituents is 1. The van der Waals surface area contributed by atoms with Gasteiger partial charge in [0.25, 0.3) is 5.91 Å². The van der Waals surface area contributed by atoms with Crippen molar-refractivity contribution in [1.29, 1.82) is 0 Å². The first kappa shape index (κ1) is 26.2. The van der Waals surface area contributed by atoms with Gasteiger partial charge in [-0.3, -0.25) is 4.79 Å². The minimum atomic E-state index is -4.69. The molecule has 0 spiro atoms. The number of nitrogens with one attached hydrogen (secondary N) is 1. The summed E-state index contributed by atoms with van der Waals surface area (Å²) in [6.07, 6.45) is -4.69. The first-order valence-electron chi connectivity index (χ1n) is 10.8. The average molecular weight is 550 g/mol. The van der Waals surface area contributed by atoms with Gasteiger partial charge in [0.2, 0.25) is 0 Å². The highest BCUT2D eigenvalue weighted by molar-refractivity contribution is 7.91. The van der Waals surface area contributed by atoms with Crippen LogP contribution in [0.2, 0.25) is 5.02 Å². The van der Waals surface area contributed by atoms with E-state index in [1.807, 2.05) is 0 Å². The van der Waals surface area contributed by atoms with Gasteiger partial charge in [-0.05, 0) is 48.5 Å². The van der Waals surface area contributed by atoms with E-state index >= 15 is 0 Å². The third-order valence-corrected chi connectivity index (χ3v) is 7.53. The normalized spacial score (nSPS) is 11.9. The molecule has 0 unspecified atom stereocenters. The lowest BCUT2D eigenvalue weighted by atomic mass is 10.1. The smallest absolute Gasteiger partial charge is 0.435 e. The molecule has 0 aliphatic heterocycles. The molecule has 37 heavy (non-hydrogen) atoms. The Morgan fingerprint density at radius 3 is 2.35 bits per heavy atom. The summed E-state index contributed by atoms with van der Waals surface area (Å²) in [5, 5.41) is 16.4. The first-order valence-corrected chi connectivity index (χ1v) is 12.8. The monoisotopic (exact) mass is 549 g/mol. The van der Waals surface area contributed by atoms with Crippen LogP contribution < -0.4 is 5.32 Å². The number of hydrogen-bond donors (Lipinski definition) is 2. The van der Waals surface area contributed by atoms with E-state index in [-0.39, 0.29) is 44.1 Å². The minimum absolute atomic E-state index is 0.0632. The fraction of sp³-hybridized carbons (Fsp3) is 0.120. The number of nitrogens with zero attached hydrogens (tertiary/aromatic N) is 2. The number of aromatic hydroxyl groups is 1. The maximum atomic E-state index is 13.4. The SMILES string of the molecule is CCS(=O)(=O)c1ccc(O)c(NC(=O)c2ccc(-c3cc(C(F)(F)F)nn3-c3ccccc3Cl)cc2)c1. The molecule has 0 bridgehead atoms. The number of carbonyl (C=O) groups is 1. The van der Waals surface area contributed by atoms with Gasteiger partial charge in [-0.2, -0.15) is 18.3 Å². The van der Waals surface area contributed by atoms with Gasteiger partial charge in [-0.1, -0.05) is 42.8 Å². The summed E-state index contributed by atoms with van der Waals surface area (Å²) in [7, 11) is -3.57. The molecule has 4 rings (SSSR count). The number of anilines is 1. The second-order valence-corrected chi connectivity index (χ2v) is 10.6. The maximum Gasteiger partial charge on any atom is 0.435 e. The Kier molecular flexibility index (Phi) is 7.03. The lowest BCUT2D eigenvalue weighted by Gasteiger charge is -2.11. The van der Waals surface area contributed by atoms with E-state index in [1.54, 1.807) is 12.1 Å². The number of para-hydroxylation sites is 1. The molecule has 0 radical (unpaired) electrons. The number of aromatic nitrogens is 2. The van der Waals surface area contributed by atoms with E-state index in [2.05, 4.69) is 10.4 Å². The van der Waals surface area contributed by atoms with Crippen molar-refractivity contribution in [2.75, 3.05) is 11.1 Å². The highest BCUT2D eigenvalue weighted by Gasteiger charge is 2.35. The Hall–Kier alpha value is -3.83. The molecule has 2 N–H and O–H groups in total. The van der Waals surface area contributed by atoms with Crippen molar-refractivity contribution in [2.24, 2.45) is 0 Å². The molecule has 4 aromatic rings. The Labute approximate surface area is 215 Å². The molecule has 0 atom stereocenters. The van der Waals surface area contributed by atoms with Crippen LogP contribution in [0.15, 0.2) is 77.7 Å². The average Bonchev–Trinajstić information content (AvgIpc) is 3.31. The van der Waals surface area contributed by atoms with Crippen LogP contribution in [0.25, 0.3) is 16.9 Å². The third kappa shape index (κ3) is 5.47. The standard InChI is InChI=1S/C25H19ClF3N3O4S/c1-2-37(35,36)17-11-12-22(33)19(13-17)30-24(34)16-9-7-15(8-10-16)21-14-23(25(27,28)29)31-32(21)20-6-4-3-5-18(20)26/h3-14,33H,2H2,1H3,(H,30,34). The van der Waals surface area contributed by atoms with Crippen LogP contribution >= 0.6 is 11.6 Å². The molecule has 1 aromatic heterocycles. The van der Waals surface area contributed by atoms with Gasteiger partial charge in [0.15, 0.2) is 15.5 Å². The van der Waals surface area contributed by atoms with Crippen LogP contribution in [0.4, 0.5) is 18.9 Å². The third-order valence-electron chi connectivity index (χ3n) is 5.48. The van der Waals surface area contributed by atoms with Gasteiger partial charge in [0, 0.05) is 11.1 Å². The maximum absolute atomic E-state index is 13.4. The lowest BCUT2D eigenvalue weighted by Crippen LogP contribution is -2.13. The first-order chi connectivity index (χ1) is 17.4. The largest absolute Gasteiger partial charge is 0.506 e. The van der Waals surface area contributed by atoms with Crippen LogP contribution in [0.3, 0.4) is 0 Å². The second kappa shape index (κ2) is 9.91. The van der Waals surface area contributed by atoms with E-state index in [0.717, 1.165) is 22.9 Å². The quantitative estimate of drug-likeness (QED) is 0.289. The summed E-state index contributed by atoms with van der Waals surface area (Å²) < 4.78 is 65.6. The van der Waals surface area contributed by atoms with Gasteiger partial charge in [-0.25, -0.2) is 13.1 Å². The fourth-order valence-corrected chi connectivity index (χ4v) is 4.62. The van der Waals surface area contributed by atoms with E-state index < -0.39 is 27.6 Å². The van der Waals surface area contributed by atoms with Crippen molar-refractivity contribution in [2.45, 2.75) is 18.0 Å². The number of carbonyl (C=O) groups excluding carboxylic acids is 1. The van der Waals surface area contributed by atoms with Crippen molar-refractivity contribution in [3.63, 3.8) is 0 Å². The van der Waals surface area contributed by atoms with Crippen LogP contribution in [-0.4, -0.2) is 35.0 Å². The van der Waals surface area contributed by atoms with Crippen molar-refractivity contribution in [3.8, 4) is 22.7 Å². The zero-order chi connectivity index (χ0) is 27.0. The van der Waals surface area contributed by atoms with Gasteiger partial charge in [0.05, 0.1) is 32.7 Å². The van der Waals surface area contributed by atoms with Gasteiger partial charge in [-0.15, -0.1) is 0 Å². The number of sulfone groups is 1. The molecule has 12 heteroatoms. The molecular formula is C25H19ClF3N3O4S. The molecule has 0 fully saturated rings. The molecule has 0 saturated carbocycles. The molecule has 7 nitrogen and oxygen atoms in total. The Morgan fingerprint density at radius 1 is 1.05 bits per heavy atom. The number of phenols is 1. The summed E-state index contributed by atoms with van der Waals surface area (Å²) in [6.45, 7) is 1.47. The summed E-state index contributed by atoms with van der Waals surface area (Å²) in [6, 6.07) is 16.4. The number of amides is 1. The molecule has 3 aromatic carbocycles. The highest BCUT2D eigenvalue weighted by Crippen LogP contribution is 2.35. The van der Waals surface area contributed by atoms with Gasteiger partial charge in [0.1, 0.15) is 5.75 Å². The summed E-state index contributed by atoms with van der Waals surface area (Å²) in [4.78, 5) is 12.7. The highest BCUT2D eigenvalue weighted by atomic mass is 35.5. The molecule has 0 aliphatic carbocycles. The molecule has 0 saturated heterocycles. The van der Waals surface area contributed by atoms with Gasteiger partial charge >= 0.3 is 6.18 Å². The van der Waals surface area contributed by atoms with E-state index in [1.165, 1.54) is 49.4 Å². The predicted molar refractivity (Wildman–Crippen MR) is 133 cm³/mol. The van der Waals surface area contributed by atoms with Crippen molar-refractivity contribution >= 4 is 33.0 Å². The summed E-state index contributed by atoms with van der Waals surface area (Å²) in [5.41, 5.74) is -0.418. The Bertz CT molecular complexity index is 1580. The molecule has 1 amide bonds. The van der Waals surface area contributed by atoms with E-state index in [4.69, 9.17) is 11.6 Å². The summed E-state index contributed by atoms with van der Waals surface area (Å²) >= 11 is 6.19. The van der Waals surface area contributed by atoms with Gasteiger partial charge < -0.3 is 10.4 Å². The fourth-order valence-electron chi connectivity index (χ4n) is 3.49. The Balaban J connectivity index is 1.66. The van der Waals surface area contributed by atoms with Crippen molar-refractivity contribution in [1.82, 2.24) is 9.78 Å². The van der Waals surface area contributed by atoms with Crippen molar-refractivity contribution < 1.29 is 31.5 Å². The van der Waals surface area contributed by atoms with E-state index in [9.17, 15) is 31.5 Å². The van der Waals surface area contributed by atoms with Crippen LogP contribution in [0.1, 0.15) is 23.0 Å². The molecule has 1 heterocycles. The number of hydrogen-bond acceptors (Lipinski definition) is 5. The van der Waals surface area contributed by atoms with Crippen LogP contribution in [0, 0.1) is 0 Å². The number of alkyl halides is 3. The number of rotatable bonds is 6. The van der Waals surface area contributed by atoms with Crippen LogP contribution in [0.5, 0.6) is 5.75 Å².